The Balaban J connectivity index is 2.84. The molecule has 0 saturated heterocycles. The van der Waals surface area contributed by atoms with E-state index in [1.165, 1.54) is 5.56 Å². The molecule has 0 amide bonds. The van der Waals surface area contributed by atoms with Crippen molar-refractivity contribution in [1.29, 1.82) is 0 Å². The van der Waals surface area contributed by atoms with Crippen LogP contribution in [0, 0.1) is 13.8 Å². The minimum absolute atomic E-state index is 0.429. The van der Waals surface area contributed by atoms with E-state index >= 15 is 0 Å². The van der Waals surface area contributed by atoms with E-state index in [-0.39, 0.29) is 0 Å². The third-order valence-corrected chi connectivity index (χ3v) is 1.70. The topological polar surface area (TPSA) is 0 Å². The van der Waals surface area contributed by atoms with E-state index in [9.17, 15) is 0 Å². The Hall–Kier alpha value is -0.300. The van der Waals surface area contributed by atoms with Crippen molar-refractivity contribution in [2.24, 2.45) is 0 Å². The van der Waals surface area contributed by atoms with Gasteiger partial charge in [0.2, 0.25) is 0 Å². The maximum absolute atomic E-state index is 6.97. The number of thiophene rings is 1. The molecular formula is C6H8S. The molecule has 0 bridgehead atoms. The van der Waals surface area contributed by atoms with E-state index in [0.717, 1.165) is 4.88 Å². The fraction of sp³-hybridized carbons (Fsp3) is 0.333. The maximum atomic E-state index is 6.97. The van der Waals surface area contributed by atoms with Crippen LogP contribution >= 0.6 is 11.3 Å². The molecule has 1 aromatic rings. The zero-order valence-electron chi connectivity index (χ0n) is 5.27. The lowest BCUT2D eigenvalue weighted by atomic mass is 10.4. The predicted octanol–water partition coefficient (Wildman–Crippen LogP) is 2.36. The molecule has 1 rings (SSSR count). The third kappa shape index (κ3) is 1.03. The highest BCUT2D eigenvalue weighted by atomic mass is 32.1. The molecule has 1 aromatic heterocycles. The minimum atomic E-state index is 0.429. The summed E-state index contributed by atoms with van der Waals surface area (Å²) >= 11 is 1.66. The summed E-state index contributed by atoms with van der Waals surface area (Å²) in [5.74, 6) is 0. The van der Waals surface area contributed by atoms with Gasteiger partial charge >= 0.3 is 0 Å². The molecule has 0 radical (unpaired) electrons. The summed E-state index contributed by atoms with van der Waals surface area (Å²) in [5, 5.41) is 2.07. The van der Waals surface area contributed by atoms with Gasteiger partial charge in [0.15, 0.2) is 0 Å². The number of aryl methyl sites for hydroxylation is 2. The highest BCUT2D eigenvalue weighted by Gasteiger charge is 1.84. The van der Waals surface area contributed by atoms with Gasteiger partial charge in [-0.25, -0.2) is 0 Å². The summed E-state index contributed by atoms with van der Waals surface area (Å²) in [6.45, 7) is 2.48. The smallest absolute Gasteiger partial charge is 0.0288 e. The molecule has 1 heterocycles. The van der Waals surface area contributed by atoms with E-state index in [1.54, 1.807) is 11.3 Å². The first kappa shape index (κ1) is 3.67. The van der Waals surface area contributed by atoms with E-state index < -0.39 is 0 Å². The van der Waals surface area contributed by atoms with Crippen molar-refractivity contribution in [3.8, 4) is 0 Å². The molecule has 0 aromatic carbocycles. The van der Waals surface area contributed by atoms with Crippen LogP contribution in [0.4, 0.5) is 0 Å². The standard InChI is InChI=1S/C6H8S/c1-5-3-6(2)7-4-5/h3-4H,1-2H3/i2D. The van der Waals surface area contributed by atoms with E-state index in [2.05, 4.69) is 18.4 Å². The molecule has 0 N–H and O–H groups in total. The van der Waals surface area contributed by atoms with Gasteiger partial charge in [-0.1, -0.05) is 0 Å². The van der Waals surface area contributed by atoms with E-state index in [1.807, 2.05) is 0 Å². The highest BCUT2D eigenvalue weighted by molar-refractivity contribution is 7.10. The first-order valence-corrected chi connectivity index (χ1v) is 3.04. The van der Waals surface area contributed by atoms with Gasteiger partial charge in [0.25, 0.3) is 0 Å². The Bertz CT molecular complexity index is 169. The summed E-state index contributed by atoms with van der Waals surface area (Å²) < 4.78 is 6.97. The van der Waals surface area contributed by atoms with Crippen LogP contribution in [0.3, 0.4) is 0 Å². The molecule has 0 saturated carbocycles. The second-order valence-electron chi connectivity index (χ2n) is 1.59. The van der Waals surface area contributed by atoms with Crippen LogP contribution in [0.25, 0.3) is 0 Å². The van der Waals surface area contributed by atoms with E-state index in [0.29, 0.717) is 6.90 Å². The van der Waals surface area contributed by atoms with Crippen molar-refractivity contribution >= 4 is 11.3 Å². The molecule has 0 atom stereocenters. The van der Waals surface area contributed by atoms with Gasteiger partial charge in [-0.15, -0.1) is 11.3 Å². The van der Waals surface area contributed by atoms with Gasteiger partial charge in [0.1, 0.15) is 0 Å². The summed E-state index contributed by atoms with van der Waals surface area (Å²) in [6.07, 6.45) is 0. The van der Waals surface area contributed by atoms with Crippen LogP contribution in [-0.2, 0) is 0 Å². The summed E-state index contributed by atoms with van der Waals surface area (Å²) in [4.78, 5) is 1.16. The van der Waals surface area contributed by atoms with Crippen LogP contribution in [-0.4, -0.2) is 0 Å². The Kier molecular flexibility index (Phi) is 0.873. The molecule has 0 nitrogen and oxygen atoms in total. The summed E-state index contributed by atoms with van der Waals surface area (Å²) in [7, 11) is 0. The lowest BCUT2D eigenvalue weighted by Crippen LogP contribution is -1.53. The SMILES string of the molecule is [2H]Cc1cc(C)cs1. The second kappa shape index (κ2) is 1.66. The lowest BCUT2D eigenvalue weighted by Gasteiger charge is -1.70. The first-order valence-electron chi connectivity index (χ1n) is 2.87. The number of rotatable bonds is 0. The fourth-order valence-electron chi connectivity index (χ4n) is 0.491. The Morgan fingerprint density at radius 2 is 2.71 bits per heavy atom. The zero-order chi connectivity index (χ0) is 5.98. The van der Waals surface area contributed by atoms with Gasteiger partial charge < -0.3 is 0 Å². The molecule has 1 heteroatoms. The lowest BCUT2D eigenvalue weighted by molar-refractivity contribution is 1.51. The maximum Gasteiger partial charge on any atom is 0.0288 e. The van der Waals surface area contributed by atoms with Gasteiger partial charge in [-0.2, -0.15) is 0 Å². The quantitative estimate of drug-likeness (QED) is 0.484. The highest BCUT2D eigenvalue weighted by Crippen LogP contribution is 2.10. The predicted molar refractivity (Wildman–Crippen MR) is 33.8 cm³/mol. The van der Waals surface area contributed by atoms with Crippen molar-refractivity contribution in [3.63, 3.8) is 0 Å². The third-order valence-electron chi connectivity index (χ3n) is 0.785. The second-order valence-corrected chi connectivity index (χ2v) is 2.59. The molecule has 0 unspecified atom stereocenters. The van der Waals surface area contributed by atoms with Crippen LogP contribution in [0.1, 0.15) is 11.8 Å². The van der Waals surface area contributed by atoms with Crippen LogP contribution in [0.5, 0.6) is 0 Å². The van der Waals surface area contributed by atoms with Crippen LogP contribution in [0.15, 0.2) is 11.4 Å². The van der Waals surface area contributed by atoms with Crippen molar-refractivity contribution in [2.45, 2.75) is 13.8 Å². The zero-order valence-corrected chi connectivity index (χ0v) is 5.09. The molecule has 7 heavy (non-hydrogen) atoms. The Morgan fingerprint density at radius 1 is 1.86 bits per heavy atom. The van der Waals surface area contributed by atoms with Gasteiger partial charge in [0.05, 0.1) is 0 Å². The molecule has 0 spiro atoms. The van der Waals surface area contributed by atoms with Crippen molar-refractivity contribution in [3.05, 3.63) is 21.9 Å². The minimum Gasteiger partial charge on any atom is -0.149 e. The van der Waals surface area contributed by atoms with E-state index in [4.69, 9.17) is 1.37 Å². The molecular weight excluding hydrogens is 104 g/mol. The average Bonchev–Trinajstić information content (AvgIpc) is 2.14. The van der Waals surface area contributed by atoms with Gasteiger partial charge in [-0.3, -0.25) is 0 Å². The van der Waals surface area contributed by atoms with Crippen LogP contribution < -0.4 is 0 Å². The van der Waals surface area contributed by atoms with Crippen molar-refractivity contribution < 1.29 is 1.37 Å². The van der Waals surface area contributed by atoms with Crippen molar-refractivity contribution in [1.82, 2.24) is 0 Å². The molecule has 0 aliphatic heterocycles. The molecule has 0 fully saturated rings. The normalized spacial score (nSPS) is 11.3. The average molecular weight is 113 g/mol. The Labute approximate surface area is 49.2 Å². The van der Waals surface area contributed by atoms with Gasteiger partial charge in [0, 0.05) is 6.25 Å². The Morgan fingerprint density at radius 3 is 3.00 bits per heavy atom. The largest absolute Gasteiger partial charge is 0.149 e. The van der Waals surface area contributed by atoms with Crippen molar-refractivity contribution in [2.75, 3.05) is 0 Å². The molecule has 38 valence electrons. The number of hydrogen-bond acceptors (Lipinski definition) is 1. The summed E-state index contributed by atoms with van der Waals surface area (Å²) in [6, 6.07) is 2.05. The fourth-order valence-corrected chi connectivity index (χ4v) is 1.15. The van der Waals surface area contributed by atoms with Crippen LogP contribution in [0.2, 0.25) is 0 Å². The first-order chi connectivity index (χ1) is 3.83. The monoisotopic (exact) mass is 113 g/mol. The molecule has 0 aliphatic rings. The van der Waals surface area contributed by atoms with Gasteiger partial charge in [-0.05, 0) is 30.8 Å². The number of hydrogen-bond donors (Lipinski definition) is 0. The molecule has 0 aliphatic carbocycles. The summed E-state index contributed by atoms with van der Waals surface area (Å²) in [5.41, 5.74) is 1.28.